The molecule has 0 saturated heterocycles. The lowest BCUT2D eigenvalue weighted by molar-refractivity contribution is -0.119. The topological polar surface area (TPSA) is 118 Å². The van der Waals surface area contributed by atoms with Gasteiger partial charge in [-0.2, -0.15) is 0 Å². The number of fused-ring (bicyclic) bond motifs is 2. The van der Waals surface area contributed by atoms with Gasteiger partial charge in [-0.3, -0.25) is 14.5 Å². The van der Waals surface area contributed by atoms with Crippen LogP contribution in [-0.4, -0.2) is 41.5 Å². The summed E-state index contributed by atoms with van der Waals surface area (Å²) in [5, 5.41) is 11.1. The van der Waals surface area contributed by atoms with E-state index in [0.717, 1.165) is 37.5 Å². The molecule has 0 radical (unpaired) electrons. The van der Waals surface area contributed by atoms with Crippen LogP contribution in [0.25, 0.3) is 0 Å². The molecular formula is C17H20N6O3S. The Hall–Kier alpha value is -2.75. The average Bonchev–Trinajstić information content (AvgIpc) is 3.05. The van der Waals surface area contributed by atoms with Gasteiger partial charge in [-0.15, -0.1) is 10.2 Å². The lowest BCUT2D eigenvalue weighted by Gasteiger charge is -2.07. The molecule has 0 atom stereocenters. The van der Waals surface area contributed by atoms with E-state index in [1.54, 1.807) is 18.2 Å². The number of hydrogen-bond donors (Lipinski definition) is 2. The maximum atomic E-state index is 12.2. The molecule has 0 fully saturated rings. The van der Waals surface area contributed by atoms with Crippen molar-refractivity contribution < 1.29 is 13.2 Å². The molecule has 1 aromatic carbocycles. The number of amidine groups is 1. The summed E-state index contributed by atoms with van der Waals surface area (Å²) in [4.78, 5) is 16.5. The zero-order chi connectivity index (χ0) is 18.9. The van der Waals surface area contributed by atoms with Gasteiger partial charge < -0.3 is 9.88 Å². The second kappa shape index (κ2) is 7.10. The van der Waals surface area contributed by atoms with Gasteiger partial charge in [0.1, 0.15) is 18.2 Å². The maximum Gasteiger partial charge on any atom is 0.263 e. The minimum absolute atomic E-state index is 0.173. The van der Waals surface area contributed by atoms with Gasteiger partial charge in [0, 0.05) is 18.5 Å². The summed E-state index contributed by atoms with van der Waals surface area (Å²) in [7, 11) is -3.60. The molecular weight excluding hydrogens is 368 g/mol. The zero-order valence-corrected chi connectivity index (χ0v) is 15.5. The highest BCUT2D eigenvalue weighted by atomic mass is 32.2. The first kappa shape index (κ1) is 17.7. The Labute approximate surface area is 157 Å². The number of carbonyl (C=O) groups excluding carboxylic acids is 1. The smallest absolute Gasteiger partial charge is 0.263 e. The minimum Gasteiger partial charge on any atom is -0.347 e. The van der Waals surface area contributed by atoms with Crippen molar-refractivity contribution in [3.8, 4) is 0 Å². The molecule has 4 rings (SSSR count). The lowest BCUT2D eigenvalue weighted by Crippen LogP contribution is -2.29. The molecule has 2 aliphatic rings. The van der Waals surface area contributed by atoms with Crippen molar-refractivity contribution >= 4 is 21.8 Å². The number of carbonyl (C=O) groups is 1. The number of rotatable bonds is 4. The van der Waals surface area contributed by atoms with Gasteiger partial charge in [-0.1, -0.05) is 18.6 Å². The van der Waals surface area contributed by atoms with Crippen LogP contribution in [0.4, 0.5) is 0 Å². The molecule has 0 spiro atoms. The fourth-order valence-corrected chi connectivity index (χ4v) is 4.56. The maximum absolute atomic E-state index is 12.2. The Bertz CT molecular complexity index is 1010. The number of amides is 1. The van der Waals surface area contributed by atoms with Crippen LogP contribution >= 0.6 is 0 Å². The van der Waals surface area contributed by atoms with E-state index in [-0.39, 0.29) is 29.7 Å². The van der Waals surface area contributed by atoms with E-state index in [0.29, 0.717) is 5.56 Å². The summed E-state index contributed by atoms with van der Waals surface area (Å²) in [6.45, 7) is 0.973. The van der Waals surface area contributed by atoms with Crippen molar-refractivity contribution in [3.63, 3.8) is 0 Å². The lowest BCUT2D eigenvalue weighted by atomic mass is 10.2. The van der Waals surface area contributed by atoms with Gasteiger partial charge in [0.2, 0.25) is 5.91 Å². The SMILES string of the molecule is O=C(CN=C1NS(=O)(=O)c2ccccc21)NCc1nnc2n1CCCCC2. The summed E-state index contributed by atoms with van der Waals surface area (Å²) in [6.07, 6.45) is 4.27. The first-order chi connectivity index (χ1) is 13.0. The molecule has 0 saturated carbocycles. The standard InChI is InChI=1S/C17H20N6O3S/c24-16(18-10-15-21-20-14-8-2-1-5-9-23(14)15)11-19-17-12-6-3-4-7-13(12)27(25,26)22-17/h3-4,6-7H,1-2,5,8-11H2,(H,18,24)(H,19,22). The number of hydrogen-bond acceptors (Lipinski definition) is 6. The third-order valence-electron chi connectivity index (χ3n) is 4.67. The fraction of sp³-hybridized carbons (Fsp3) is 0.412. The van der Waals surface area contributed by atoms with E-state index >= 15 is 0 Å². The van der Waals surface area contributed by atoms with Gasteiger partial charge in [0.15, 0.2) is 5.82 Å². The molecule has 1 amide bonds. The van der Waals surface area contributed by atoms with Gasteiger partial charge in [0.05, 0.1) is 11.4 Å². The Morgan fingerprint density at radius 2 is 2.07 bits per heavy atom. The molecule has 2 N–H and O–H groups in total. The third-order valence-corrected chi connectivity index (χ3v) is 6.07. The highest BCUT2D eigenvalue weighted by molar-refractivity contribution is 7.90. The molecule has 9 nitrogen and oxygen atoms in total. The van der Waals surface area contributed by atoms with Gasteiger partial charge in [-0.25, -0.2) is 8.42 Å². The first-order valence-corrected chi connectivity index (χ1v) is 10.4. The number of benzene rings is 1. The van der Waals surface area contributed by atoms with E-state index in [1.807, 2.05) is 0 Å². The average molecular weight is 388 g/mol. The van der Waals surface area contributed by atoms with Crippen molar-refractivity contribution in [3.05, 3.63) is 41.5 Å². The third kappa shape index (κ3) is 3.57. The fourth-order valence-electron chi connectivity index (χ4n) is 3.31. The number of nitrogens with one attached hydrogen (secondary N) is 2. The second-order valence-electron chi connectivity index (χ2n) is 6.54. The van der Waals surface area contributed by atoms with Crippen LogP contribution in [0.5, 0.6) is 0 Å². The molecule has 10 heteroatoms. The molecule has 2 aromatic rings. The quantitative estimate of drug-likeness (QED) is 0.784. The Morgan fingerprint density at radius 3 is 2.96 bits per heavy atom. The monoisotopic (exact) mass is 388 g/mol. The first-order valence-electron chi connectivity index (χ1n) is 8.89. The molecule has 3 heterocycles. The van der Waals surface area contributed by atoms with E-state index in [9.17, 15) is 13.2 Å². The Morgan fingerprint density at radius 1 is 1.22 bits per heavy atom. The molecule has 27 heavy (non-hydrogen) atoms. The van der Waals surface area contributed by atoms with Crippen molar-refractivity contribution in [2.45, 2.75) is 43.7 Å². The normalized spacial score (nSPS) is 19.0. The summed E-state index contributed by atoms with van der Waals surface area (Å²) < 4.78 is 28.5. The Balaban J connectivity index is 1.40. The summed E-state index contributed by atoms with van der Waals surface area (Å²) in [5.74, 6) is 1.59. The van der Waals surface area contributed by atoms with Crippen molar-refractivity contribution in [2.75, 3.05) is 6.54 Å². The van der Waals surface area contributed by atoms with Gasteiger partial charge >= 0.3 is 0 Å². The number of nitrogens with zero attached hydrogens (tertiary/aromatic N) is 4. The summed E-state index contributed by atoms with van der Waals surface area (Å²) >= 11 is 0. The second-order valence-corrected chi connectivity index (χ2v) is 8.19. The molecule has 0 aliphatic carbocycles. The molecule has 2 aliphatic heterocycles. The minimum atomic E-state index is -3.60. The van der Waals surface area contributed by atoms with Crippen LogP contribution in [-0.2, 0) is 34.3 Å². The number of aliphatic imine (C=N–C) groups is 1. The summed E-state index contributed by atoms with van der Waals surface area (Å²) in [6, 6.07) is 6.55. The number of aryl methyl sites for hydroxylation is 1. The van der Waals surface area contributed by atoms with Crippen molar-refractivity contribution in [2.24, 2.45) is 4.99 Å². The molecule has 142 valence electrons. The van der Waals surface area contributed by atoms with Crippen LogP contribution in [0.15, 0.2) is 34.2 Å². The van der Waals surface area contributed by atoms with E-state index in [4.69, 9.17) is 0 Å². The number of aromatic nitrogens is 3. The predicted octanol–water partition coefficient (Wildman–Crippen LogP) is 0.359. The molecule has 0 bridgehead atoms. The molecule has 0 unspecified atom stereocenters. The van der Waals surface area contributed by atoms with Crippen molar-refractivity contribution in [1.82, 2.24) is 24.8 Å². The van der Waals surface area contributed by atoms with Crippen LogP contribution in [0.3, 0.4) is 0 Å². The van der Waals surface area contributed by atoms with E-state index in [2.05, 4.69) is 29.8 Å². The predicted molar refractivity (Wildman–Crippen MR) is 97.6 cm³/mol. The Kier molecular flexibility index (Phi) is 4.65. The van der Waals surface area contributed by atoms with E-state index < -0.39 is 10.0 Å². The molecule has 1 aromatic heterocycles. The van der Waals surface area contributed by atoms with E-state index in [1.165, 1.54) is 12.5 Å². The van der Waals surface area contributed by atoms with Crippen LogP contribution in [0.2, 0.25) is 0 Å². The van der Waals surface area contributed by atoms with Crippen molar-refractivity contribution in [1.29, 1.82) is 0 Å². The highest BCUT2D eigenvalue weighted by Gasteiger charge is 2.30. The number of sulfonamides is 1. The van der Waals surface area contributed by atoms with Gasteiger partial charge in [-0.05, 0) is 25.0 Å². The van der Waals surface area contributed by atoms with Crippen LogP contribution in [0, 0.1) is 0 Å². The zero-order valence-electron chi connectivity index (χ0n) is 14.7. The van der Waals surface area contributed by atoms with Crippen LogP contribution in [0.1, 0.15) is 36.5 Å². The van der Waals surface area contributed by atoms with Crippen LogP contribution < -0.4 is 10.0 Å². The highest BCUT2D eigenvalue weighted by Crippen LogP contribution is 2.22. The summed E-state index contributed by atoms with van der Waals surface area (Å²) in [5.41, 5.74) is 0.480. The largest absolute Gasteiger partial charge is 0.347 e. The van der Waals surface area contributed by atoms with Gasteiger partial charge in [0.25, 0.3) is 10.0 Å².